The van der Waals surface area contributed by atoms with Crippen molar-refractivity contribution in [3.63, 3.8) is 0 Å². The second-order valence-corrected chi connectivity index (χ2v) is 9.60. The lowest BCUT2D eigenvalue weighted by Gasteiger charge is -2.45. The van der Waals surface area contributed by atoms with Crippen molar-refractivity contribution in [3.8, 4) is 0 Å². The minimum atomic E-state index is -1.09. The Morgan fingerprint density at radius 3 is 2.77 bits per heavy atom. The fraction of sp³-hybridized carbons (Fsp3) is 0.300. The van der Waals surface area contributed by atoms with E-state index in [-0.39, 0.29) is 35.6 Å². The van der Waals surface area contributed by atoms with Gasteiger partial charge in [0.1, 0.15) is 22.3 Å². The van der Waals surface area contributed by atoms with Gasteiger partial charge in [-0.2, -0.15) is 0 Å². The molecule has 1 saturated heterocycles. The first-order chi connectivity index (χ1) is 14.2. The predicted molar refractivity (Wildman–Crippen MR) is 115 cm³/mol. The number of likely N-dealkylation sites (tertiary alicyclic amines) is 1. The monoisotopic (exact) mass is 465 g/mol. The minimum Gasteiger partial charge on any atom is -0.381 e. The van der Waals surface area contributed by atoms with Gasteiger partial charge < -0.3 is 10.0 Å². The SMILES string of the molecule is CC(=O)N1CC(O)(c2ccc(C(=O)CSc3nc(C)nc4cc(F)c(Cl)cc34)s2)C1. The first-order valence-corrected chi connectivity index (χ1v) is 11.2. The average molecular weight is 466 g/mol. The van der Waals surface area contributed by atoms with Crippen LogP contribution in [0.2, 0.25) is 5.02 Å². The summed E-state index contributed by atoms with van der Waals surface area (Å²) in [6, 6.07) is 6.14. The summed E-state index contributed by atoms with van der Waals surface area (Å²) in [6.07, 6.45) is 0. The number of rotatable bonds is 5. The number of carbonyl (C=O) groups is 2. The van der Waals surface area contributed by atoms with Crippen molar-refractivity contribution in [1.29, 1.82) is 0 Å². The smallest absolute Gasteiger partial charge is 0.219 e. The number of aryl methyl sites for hydroxylation is 1. The fourth-order valence-corrected chi connectivity index (χ4v) is 5.43. The van der Waals surface area contributed by atoms with E-state index in [1.54, 1.807) is 24.0 Å². The van der Waals surface area contributed by atoms with E-state index in [0.29, 0.717) is 31.5 Å². The molecular formula is C20H17ClFN3O3S2. The van der Waals surface area contributed by atoms with Crippen LogP contribution in [-0.2, 0) is 10.4 Å². The maximum Gasteiger partial charge on any atom is 0.219 e. The number of carbonyl (C=O) groups excluding carboxylic acids is 2. The van der Waals surface area contributed by atoms with E-state index in [0.717, 1.165) is 0 Å². The van der Waals surface area contributed by atoms with Crippen LogP contribution in [0.15, 0.2) is 29.3 Å². The van der Waals surface area contributed by atoms with Crippen LogP contribution < -0.4 is 0 Å². The maximum absolute atomic E-state index is 13.8. The summed E-state index contributed by atoms with van der Waals surface area (Å²) < 4.78 is 13.8. The lowest BCUT2D eigenvalue weighted by Crippen LogP contribution is -2.60. The molecule has 6 nitrogen and oxygen atoms in total. The van der Waals surface area contributed by atoms with E-state index in [1.165, 1.54) is 42.2 Å². The number of β-amino-alcohol motifs (C(OH)–C–C–N with tert-alkyl or cyclic N) is 1. The number of Topliss-reactive ketones (excluding diaryl/α,β-unsaturated/α-hetero) is 1. The number of thiophene rings is 1. The molecule has 0 atom stereocenters. The number of ketones is 1. The van der Waals surface area contributed by atoms with Crippen molar-refractivity contribution in [2.45, 2.75) is 24.5 Å². The fourth-order valence-electron chi connectivity index (χ4n) is 3.22. The van der Waals surface area contributed by atoms with Crippen molar-refractivity contribution in [2.75, 3.05) is 18.8 Å². The molecule has 1 aliphatic heterocycles. The Kier molecular flexibility index (Phi) is 5.56. The number of hydrogen-bond donors (Lipinski definition) is 1. The molecule has 0 spiro atoms. The molecular weight excluding hydrogens is 449 g/mol. The van der Waals surface area contributed by atoms with Crippen LogP contribution in [0.25, 0.3) is 10.9 Å². The molecule has 10 heteroatoms. The molecule has 1 fully saturated rings. The van der Waals surface area contributed by atoms with Crippen LogP contribution in [0.4, 0.5) is 4.39 Å². The molecule has 3 aromatic rings. The number of fused-ring (bicyclic) bond motifs is 1. The number of amides is 1. The molecule has 30 heavy (non-hydrogen) atoms. The van der Waals surface area contributed by atoms with Crippen LogP contribution in [0.3, 0.4) is 0 Å². The zero-order valence-electron chi connectivity index (χ0n) is 16.1. The van der Waals surface area contributed by atoms with E-state index >= 15 is 0 Å². The van der Waals surface area contributed by atoms with Crippen molar-refractivity contribution in [3.05, 3.63) is 50.7 Å². The summed E-state index contributed by atoms with van der Waals surface area (Å²) in [5, 5.41) is 11.8. The van der Waals surface area contributed by atoms with E-state index in [1.807, 2.05) is 0 Å². The number of benzene rings is 1. The van der Waals surface area contributed by atoms with Crippen LogP contribution in [0, 0.1) is 12.7 Å². The van der Waals surface area contributed by atoms with E-state index in [4.69, 9.17) is 11.6 Å². The molecule has 0 saturated carbocycles. The Balaban J connectivity index is 1.49. The van der Waals surface area contributed by atoms with E-state index in [9.17, 15) is 19.1 Å². The highest BCUT2D eigenvalue weighted by Gasteiger charge is 2.45. The van der Waals surface area contributed by atoms with Gasteiger partial charge >= 0.3 is 0 Å². The van der Waals surface area contributed by atoms with Crippen molar-refractivity contribution in [2.24, 2.45) is 0 Å². The number of halogens is 2. The summed E-state index contributed by atoms with van der Waals surface area (Å²) >= 11 is 8.36. The first kappa shape index (κ1) is 21.2. The topological polar surface area (TPSA) is 83.4 Å². The quantitative estimate of drug-likeness (QED) is 0.350. The number of aliphatic hydroxyl groups is 1. The Morgan fingerprint density at radius 2 is 2.07 bits per heavy atom. The Morgan fingerprint density at radius 1 is 1.33 bits per heavy atom. The summed E-state index contributed by atoms with van der Waals surface area (Å²) in [6.45, 7) is 3.62. The average Bonchev–Trinajstić information content (AvgIpc) is 3.15. The van der Waals surface area contributed by atoms with Crippen LogP contribution >= 0.6 is 34.7 Å². The third-order valence-electron chi connectivity index (χ3n) is 4.84. The van der Waals surface area contributed by atoms with Gasteiger partial charge in [-0.3, -0.25) is 9.59 Å². The molecule has 1 N–H and O–H groups in total. The van der Waals surface area contributed by atoms with Gasteiger partial charge in [-0.15, -0.1) is 11.3 Å². The molecule has 3 heterocycles. The second kappa shape index (κ2) is 7.88. The summed E-state index contributed by atoms with van der Waals surface area (Å²) in [4.78, 5) is 35.4. The van der Waals surface area contributed by atoms with E-state index < -0.39 is 11.4 Å². The maximum atomic E-state index is 13.8. The second-order valence-electron chi connectivity index (χ2n) is 7.14. The minimum absolute atomic E-state index is 0.0284. The highest BCUT2D eigenvalue weighted by atomic mass is 35.5. The molecule has 1 amide bonds. The van der Waals surface area contributed by atoms with Gasteiger partial charge in [0.15, 0.2) is 5.78 Å². The van der Waals surface area contributed by atoms with Crippen LogP contribution in [-0.4, -0.2) is 50.5 Å². The van der Waals surface area contributed by atoms with Gasteiger partial charge in [-0.25, -0.2) is 14.4 Å². The van der Waals surface area contributed by atoms with Crippen molar-refractivity contribution < 1.29 is 19.1 Å². The molecule has 0 bridgehead atoms. The lowest BCUT2D eigenvalue weighted by molar-refractivity contribution is -0.154. The van der Waals surface area contributed by atoms with Gasteiger partial charge in [-0.1, -0.05) is 23.4 Å². The molecule has 4 rings (SSSR count). The third-order valence-corrected chi connectivity index (χ3v) is 7.44. The third kappa shape index (κ3) is 3.94. The normalized spacial score (nSPS) is 15.3. The summed E-state index contributed by atoms with van der Waals surface area (Å²) in [7, 11) is 0. The Labute approximate surface area is 185 Å². The Bertz CT molecular complexity index is 1180. The number of hydrogen-bond acceptors (Lipinski definition) is 7. The molecule has 0 unspecified atom stereocenters. The predicted octanol–water partition coefficient (Wildman–Crippen LogP) is 3.82. The van der Waals surface area contributed by atoms with Gasteiger partial charge in [0.05, 0.1) is 34.3 Å². The standard InChI is InChI=1S/C20H17ClFN3O3S2/c1-10-23-15-6-14(22)13(21)5-12(15)19(24-10)29-7-16(27)17-3-4-18(30-17)20(28)8-25(9-20)11(2)26/h3-6,28H,7-9H2,1-2H3. The largest absolute Gasteiger partial charge is 0.381 e. The molecule has 1 aromatic carbocycles. The number of nitrogens with zero attached hydrogens (tertiary/aromatic N) is 3. The number of aromatic nitrogens is 2. The van der Waals surface area contributed by atoms with Gasteiger partial charge in [0.25, 0.3) is 0 Å². The van der Waals surface area contributed by atoms with Gasteiger partial charge in [-0.05, 0) is 25.1 Å². The molecule has 2 aromatic heterocycles. The van der Waals surface area contributed by atoms with Gasteiger partial charge in [0, 0.05) is 23.3 Å². The number of thioether (sulfide) groups is 1. The van der Waals surface area contributed by atoms with Crippen LogP contribution in [0.5, 0.6) is 0 Å². The lowest BCUT2D eigenvalue weighted by atomic mass is 9.92. The van der Waals surface area contributed by atoms with Crippen molar-refractivity contribution in [1.82, 2.24) is 14.9 Å². The first-order valence-electron chi connectivity index (χ1n) is 9.04. The molecule has 156 valence electrons. The van der Waals surface area contributed by atoms with Crippen LogP contribution in [0.1, 0.15) is 27.3 Å². The highest BCUT2D eigenvalue weighted by molar-refractivity contribution is 8.00. The molecule has 0 aliphatic carbocycles. The van der Waals surface area contributed by atoms with Gasteiger partial charge in [0.2, 0.25) is 5.91 Å². The van der Waals surface area contributed by atoms with Crippen molar-refractivity contribution >= 4 is 57.3 Å². The summed E-state index contributed by atoms with van der Waals surface area (Å²) in [5.41, 5.74) is -0.664. The zero-order chi connectivity index (χ0) is 21.6. The Hall–Kier alpha value is -2.07. The molecule has 1 aliphatic rings. The summed E-state index contributed by atoms with van der Waals surface area (Å²) in [5.74, 6) is -0.160. The highest BCUT2D eigenvalue weighted by Crippen LogP contribution is 2.37. The van der Waals surface area contributed by atoms with E-state index in [2.05, 4.69) is 9.97 Å². The zero-order valence-corrected chi connectivity index (χ0v) is 18.5. The molecule has 0 radical (unpaired) electrons.